The molecule has 2 aliphatic heterocycles. The number of hydrogen-bond donors (Lipinski definition) is 1. The highest BCUT2D eigenvalue weighted by Crippen LogP contribution is 2.48. The number of fused-ring (bicyclic) bond motifs is 4. The highest BCUT2D eigenvalue weighted by atomic mass is 35.5. The van der Waals surface area contributed by atoms with Crippen LogP contribution in [0.3, 0.4) is 0 Å². The second-order valence-electron chi connectivity index (χ2n) is 6.86. The van der Waals surface area contributed by atoms with Gasteiger partial charge in [-0.15, -0.1) is 0 Å². The molecule has 2 heterocycles. The van der Waals surface area contributed by atoms with Crippen molar-refractivity contribution in [3.05, 3.63) is 58.6 Å². The van der Waals surface area contributed by atoms with Gasteiger partial charge in [-0.1, -0.05) is 23.7 Å². The Hall–Kier alpha value is -2.53. The summed E-state index contributed by atoms with van der Waals surface area (Å²) in [5.41, 5.74) is 0.354. The first kappa shape index (κ1) is 16.9. The third-order valence-electron chi connectivity index (χ3n) is 5.04. The lowest BCUT2D eigenvalue weighted by molar-refractivity contribution is -0.137. The predicted octanol–water partition coefficient (Wildman–Crippen LogP) is 3.56. The van der Waals surface area contributed by atoms with Crippen molar-refractivity contribution in [2.24, 2.45) is 5.92 Å². The predicted molar refractivity (Wildman–Crippen MR) is 96.8 cm³/mol. The van der Waals surface area contributed by atoms with Crippen LogP contribution in [0.1, 0.15) is 35.2 Å². The average Bonchev–Trinajstić information content (AvgIpc) is 2.61. The maximum atomic E-state index is 13.3. The van der Waals surface area contributed by atoms with Gasteiger partial charge in [-0.25, -0.2) is 0 Å². The van der Waals surface area contributed by atoms with Crippen LogP contribution in [-0.4, -0.2) is 24.5 Å². The number of carbonyl (C=O) groups excluding carboxylic acids is 2. The van der Waals surface area contributed by atoms with E-state index in [1.807, 2.05) is 6.92 Å². The molecule has 1 N–H and O–H groups in total. The first-order chi connectivity index (χ1) is 12.4. The Morgan fingerprint density at radius 3 is 2.85 bits per heavy atom. The van der Waals surface area contributed by atoms with Crippen molar-refractivity contribution in [2.45, 2.75) is 25.0 Å². The van der Waals surface area contributed by atoms with Crippen LogP contribution in [0, 0.1) is 5.92 Å². The smallest absolute Gasteiger partial charge is 0.234 e. The van der Waals surface area contributed by atoms with Crippen LogP contribution in [0.25, 0.3) is 0 Å². The summed E-state index contributed by atoms with van der Waals surface area (Å²) in [7, 11) is 1.51. The Balaban J connectivity index is 1.82. The topological polar surface area (TPSA) is 64.6 Å². The largest absolute Gasteiger partial charge is 0.496 e. The lowest BCUT2D eigenvalue weighted by atomic mass is 9.72. The number of rotatable bonds is 3. The second kappa shape index (κ2) is 6.02. The fourth-order valence-electron chi connectivity index (χ4n) is 3.93. The van der Waals surface area contributed by atoms with E-state index in [9.17, 15) is 9.59 Å². The molecule has 0 spiro atoms. The van der Waals surface area contributed by atoms with Crippen LogP contribution < -0.4 is 14.8 Å². The molecule has 1 amide bonds. The molecule has 26 heavy (non-hydrogen) atoms. The number of benzene rings is 2. The number of piperidine rings is 1. The molecule has 2 aromatic rings. The van der Waals surface area contributed by atoms with Gasteiger partial charge in [0.05, 0.1) is 12.7 Å². The minimum absolute atomic E-state index is 0.264. The maximum absolute atomic E-state index is 13.3. The van der Waals surface area contributed by atoms with Crippen molar-refractivity contribution in [2.75, 3.05) is 7.11 Å². The monoisotopic (exact) mass is 371 g/mol. The van der Waals surface area contributed by atoms with E-state index in [-0.39, 0.29) is 17.6 Å². The molecule has 0 aromatic heterocycles. The van der Waals surface area contributed by atoms with Gasteiger partial charge >= 0.3 is 0 Å². The van der Waals surface area contributed by atoms with Crippen molar-refractivity contribution in [1.29, 1.82) is 0 Å². The Bertz CT molecular complexity index is 912. The number of hydrogen-bond acceptors (Lipinski definition) is 4. The van der Waals surface area contributed by atoms with Gasteiger partial charge in [0, 0.05) is 22.9 Å². The molecule has 3 atom stereocenters. The molecular weight excluding hydrogens is 354 g/mol. The van der Waals surface area contributed by atoms with Crippen molar-refractivity contribution >= 4 is 23.3 Å². The van der Waals surface area contributed by atoms with Crippen molar-refractivity contribution in [3.63, 3.8) is 0 Å². The molecule has 4 rings (SSSR count). The zero-order valence-electron chi connectivity index (χ0n) is 14.4. The molecule has 0 radical (unpaired) electrons. The summed E-state index contributed by atoms with van der Waals surface area (Å²) in [5, 5.41) is 3.41. The molecular formula is C20H18ClNO4. The summed E-state index contributed by atoms with van der Waals surface area (Å²) < 4.78 is 11.3. The van der Waals surface area contributed by atoms with Crippen molar-refractivity contribution in [1.82, 2.24) is 5.32 Å². The van der Waals surface area contributed by atoms with Gasteiger partial charge in [0.15, 0.2) is 11.5 Å². The zero-order chi connectivity index (χ0) is 18.5. The average molecular weight is 372 g/mol. The second-order valence-corrected chi connectivity index (χ2v) is 7.29. The van der Waals surface area contributed by atoms with E-state index in [1.165, 1.54) is 7.11 Å². The van der Waals surface area contributed by atoms with Gasteiger partial charge in [-0.05, 0) is 37.3 Å². The molecule has 2 bridgehead atoms. The quantitative estimate of drug-likeness (QED) is 0.661. The molecule has 0 saturated carbocycles. The molecule has 134 valence electrons. The molecule has 3 unspecified atom stereocenters. The van der Waals surface area contributed by atoms with Gasteiger partial charge in [0.25, 0.3) is 0 Å². The van der Waals surface area contributed by atoms with Crippen LogP contribution in [0.15, 0.2) is 42.5 Å². The number of carbonyl (C=O) groups is 2. The Morgan fingerprint density at radius 2 is 2.08 bits per heavy atom. The minimum atomic E-state index is -0.861. The van der Waals surface area contributed by atoms with Gasteiger partial charge in [-0.2, -0.15) is 0 Å². The summed E-state index contributed by atoms with van der Waals surface area (Å²) in [4.78, 5) is 26.1. The van der Waals surface area contributed by atoms with Gasteiger partial charge in [0.2, 0.25) is 5.91 Å². The molecule has 2 aromatic carbocycles. The van der Waals surface area contributed by atoms with E-state index in [0.717, 1.165) is 5.56 Å². The maximum Gasteiger partial charge on any atom is 0.234 e. The number of nitrogens with one attached hydrogen (secondary N) is 1. The van der Waals surface area contributed by atoms with Crippen LogP contribution in [0.4, 0.5) is 0 Å². The summed E-state index contributed by atoms with van der Waals surface area (Å²) >= 11 is 6.16. The third-order valence-corrected chi connectivity index (χ3v) is 5.28. The zero-order valence-corrected chi connectivity index (χ0v) is 15.2. The van der Waals surface area contributed by atoms with Crippen LogP contribution in [0.2, 0.25) is 5.02 Å². The van der Waals surface area contributed by atoms with E-state index in [1.54, 1.807) is 42.5 Å². The summed E-state index contributed by atoms with van der Waals surface area (Å²) in [6.07, 6.45) is 0.498. The molecule has 1 saturated heterocycles. The number of halogens is 1. The van der Waals surface area contributed by atoms with Crippen LogP contribution >= 0.6 is 11.6 Å². The normalized spacial score (nSPS) is 26.3. The standard InChI is InChI=1S/C20H18ClNO4/c1-20-10-14(13-9-11(21)7-8-16(13)26-20)17(19(24)22-20)18(23)12-5-3-4-6-15(12)25-2/h3-9,14,17H,10H2,1-2H3,(H,22,24). The highest BCUT2D eigenvalue weighted by Gasteiger charge is 2.51. The minimum Gasteiger partial charge on any atom is -0.496 e. The van der Waals surface area contributed by atoms with Crippen LogP contribution in [0.5, 0.6) is 11.5 Å². The lowest BCUT2D eigenvalue weighted by Crippen LogP contribution is -2.61. The Kier molecular flexibility index (Phi) is 3.92. The summed E-state index contributed by atoms with van der Waals surface area (Å²) in [6.45, 7) is 1.82. The van der Waals surface area contributed by atoms with Gasteiger partial charge in [-0.3, -0.25) is 9.59 Å². The molecule has 1 fully saturated rings. The SMILES string of the molecule is COc1ccccc1C(=O)C1C(=O)NC2(C)CC1c1cc(Cl)ccc1O2. The summed E-state index contributed by atoms with van der Waals surface area (Å²) in [6, 6.07) is 12.2. The van der Waals surface area contributed by atoms with E-state index in [2.05, 4.69) is 5.32 Å². The molecule has 2 aliphatic rings. The first-order valence-electron chi connectivity index (χ1n) is 8.39. The number of ketones is 1. The first-order valence-corrected chi connectivity index (χ1v) is 8.77. The third kappa shape index (κ3) is 2.63. The number of Topliss-reactive ketones (excluding diaryl/α,β-unsaturated/α-hetero) is 1. The fourth-order valence-corrected chi connectivity index (χ4v) is 4.11. The van der Waals surface area contributed by atoms with E-state index in [0.29, 0.717) is 28.5 Å². The van der Waals surface area contributed by atoms with Gasteiger partial charge < -0.3 is 14.8 Å². The van der Waals surface area contributed by atoms with E-state index >= 15 is 0 Å². The lowest BCUT2D eigenvalue weighted by Gasteiger charge is -2.46. The number of ether oxygens (including phenoxy) is 2. The summed E-state index contributed by atoms with van der Waals surface area (Å²) in [5.74, 6) is -0.679. The van der Waals surface area contributed by atoms with E-state index < -0.39 is 11.6 Å². The Labute approximate surface area is 156 Å². The van der Waals surface area contributed by atoms with Crippen molar-refractivity contribution < 1.29 is 19.1 Å². The van der Waals surface area contributed by atoms with Crippen LogP contribution in [-0.2, 0) is 4.79 Å². The highest BCUT2D eigenvalue weighted by molar-refractivity contribution is 6.30. The number of para-hydroxylation sites is 1. The molecule has 6 heteroatoms. The Morgan fingerprint density at radius 1 is 1.31 bits per heavy atom. The van der Waals surface area contributed by atoms with E-state index in [4.69, 9.17) is 21.1 Å². The van der Waals surface area contributed by atoms with Gasteiger partial charge in [0.1, 0.15) is 17.4 Å². The fraction of sp³-hybridized carbons (Fsp3) is 0.300. The molecule has 5 nitrogen and oxygen atoms in total. The molecule has 0 aliphatic carbocycles. The number of amides is 1. The van der Waals surface area contributed by atoms with Crippen molar-refractivity contribution in [3.8, 4) is 11.5 Å². The number of methoxy groups -OCH3 is 1.